The number of carbonyl (C=O) groups is 1. The van der Waals surface area contributed by atoms with Gasteiger partial charge < -0.3 is 15.2 Å². The summed E-state index contributed by atoms with van der Waals surface area (Å²) in [5.74, 6) is 0.581. The number of methoxy groups -OCH3 is 1. The molecule has 1 heterocycles. The van der Waals surface area contributed by atoms with Crippen LogP contribution in [0.4, 0.5) is 5.69 Å². The second-order valence-corrected chi connectivity index (χ2v) is 5.78. The monoisotopic (exact) mass is 326 g/mol. The SMILES string of the molecule is COc1cccc(/C=C2/SC(=Nc3ccccc3O)NC2=O)c1. The Labute approximate surface area is 137 Å². The molecule has 3 rings (SSSR count). The number of phenols is 1. The number of hydrogen-bond acceptors (Lipinski definition) is 5. The Kier molecular flexibility index (Phi) is 4.34. The molecule has 0 aromatic heterocycles. The number of ether oxygens (including phenoxy) is 1. The van der Waals surface area contributed by atoms with Crippen LogP contribution in [0.1, 0.15) is 5.56 Å². The smallest absolute Gasteiger partial charge is 0.264 e. The van der Waals surface area contributed by atoms with Gasteiger partial charge in [0.2, 0.25) is 0 Å². The third-order valence-corrected chi connectivity index (χ3v) is 4.06. The molecule has 0 spiro atoms. The minimum atomic E-state index is -0.216. The number of hydrogen-bond donors (Lipinski definition) is 2. The zero-order valence-corrected chi connectivity index (χ0v) is 13.1. The lowest BCUT2D eigenvalue weighted by atomic mass is 10.2. The van der Waals surface area contributed by atoms with Crippen LogP contribution in [0.25, 0.3) is 6.08 Å². The third kappa shape index (κ3) is 3.54. The van der Waals surface area contributed by atoms with E-state index in [-0.39, 0.29) is 11.7 Å². The Morgan fingerprint density at radius 3 is 2.83 bits per heavy atom. The Balaban J connectivity index is 1.85. The number of nitrogens with zero attached hydrogens (tertiary/aromatic N) is 1. The lowest BCUT2D eigenvalue weighted by Crippen LogP contribution is -2.19. The summed E-state index contributed by atoms with van der Waals surface area (Å²) in [6.07, 6.45) is 1.77. The molecule has 23 heavy (non-hydrogen) atoms. The van der Waals surface area contributed by atoms with Crippen LogP contribution in [0.5, 0.6) is 11.5 Å². The molecule has 1 amide bonds. The zero-order valence-electron chi connectivity index (χ0n) is 12.3. The third-order valence-electron chi connectivity index (χ3n) is 3.15. The van der Waals surface area contributed by atoms with E-state index >= 15 is 0 Å². The van der Waals surface area contributed by atoms with Crippen molar-refractivity contribution in [1.29, 1.82) is 0 Å². The van der Waals surface area contributed by atoms with Crippen molar-refractivity contribution < 1.29 is 14.6 Å². The van der Waals surface area contributed by atoms with Crippen LogP contribution in [-0.2, 0) is 4.79 Å². The number of aromatic hydroxyl groups is 1. The van der Waals surface area contributed by atoms with Crippen molar-refractivity contribution in [2.45, 2.75) is 0 Å². The molecule has 1 fully saturated rings. The Morgan fingerprint density at radius 2 is 2.04 bits per heavy atom. The molecular weight excluding hydrogens is 312 g/mol. The Bertz CT molecular complexity index is 815. The van der Waals surface area contributed by atoms with Crippen molar-refractivity contribution in [3.05, 3.63) is 59.0 Å². The first kappa shape index (κ1) is 15.2. The van der Waals surface area contributed by atoms with E-state index in [1.54, 1.807) is 37.5 Å². The first-order chi connectivity index (χ1) is 11.2. The van der Waals surface area contributed by atoms with Crippen LogP contribution >= 0.6 is 11.8 Å². The van der Waals surface area contributed by atoms with Crippen molar-refractivity contribution in [3.8, 4) is 11.5 Å². The number of carbonyl (C=O) groups excluding carboxylic acids is 1. The highest BCUT2D eigenvalue weighted by Crippen LogP contribution is 2.31. The fourth-order valence-corrected chi connectivity index (χ4v) is 2.87. The normalized spacial score (nSPS) is 17.5. The molecule has 0 radical (unpaired) electrons. The molecule has 0 saturated carbocycles. The van der Waals surface area contributed by atoms with E-state index in [1.165, 1.54) is 11.8 Å². The molecule has 5 nitrogen and oxygen atoms in total. The molecule has 1 saturated heterocycles. The quantitative estimate of drug-likeness (QED) is 0.849. The number of rotatable bonds is 3. The first-order valence-electron chi connectivity index (χ1n) is 6.87. The van der Waals surface area contributed by atoms with Gasteiger partial charge in [0.05, 0.1) is 12.0 Å². The molecular formula is C17H14N2O3S. The molecule has 0 unspecified atom stereocenters. The highest BCUT2D eigenvalue weighted by atomic mass is 32.2. The van der Waals surface area contributed by atoms with Crippen LogP contribution in [0.3, 0.4) is 0 Å². The van der Waals surface area contributed by atoms with Gasteiger partial charge in [0.25, 0.3) is 5.91 Å². The second-order valence-electron chi connectivity index (χ2n) is 4.75. The van der Waals surface area contributed by atoms with Crippen LogP contribution < -0.4 is 10.1 Å². The topological polar surface area (TPSA) is 70.9 Å². The summed E-state index contributed by atoms with van der Waals surface area (Å²) in [5.41, 5.74) is 1.28. The molecule has 0 aliphatic carbocycles. The van der Waals surface area contributed by atoms with Gasteiger partial charge >= 0.3 is 0 Å². The van der Waals surface area contributed by atoms with Crippen molar-refractivity contribution in [1.82, 2.24) is 5.32 Å². The summed E-state index contributed by atoms with van der Waals surface area (Å²) in [7, 11) is 1.60. The summed E-state index contributed by atoms with van der Waals surface area (Å²) in [5, 5.41) is 12.9. The van der Waals surface area contributed by atoms with Gasteiger partial charge in [0.15, 0.2) is 5.17 Å². The average molecular weight is 326 g/mol. The number of amides is 1. The van der Waals surface area contributed by atoms with Crippen LogP contribution in [0.15, 0.2) is 58.4 Å². The minimum absolute atomic E-state index is 0.0695. The number of aliphatic imine (C=N–C) groups is 1. The van der Waals surface area contributed by atoms with E-state index in [2.05, 4.69) is 10.3 Å². The van der Waals surface area contributed by atoms with Gasteiger partial charge in [0, 0.05) is 0 Å². The zero-order chi connectivity index (χ0) is 16.2. The number of amidine groups is 1. The molecule has 6 heteroatoms. The Morgan fingerprint density at radius 1 is 1.22 bits per heavy atom. The van der Waals surface area contributed by atoms with E-state index in [0.717, 1.165) is 11.3 Å². The maximum Gasteiger partial charge on any atom is 0.264 e. The summed E-state index contributed by atoms with van der Waals surface area (Å²) in [6.45, 7) is 0. The van der Waals surface area contributed by atoms with Gasteiger partial charge in [-0.05, 0) is 47.7 Å². The molecule has 2 aromatic rings. The number of phenolic OH excluding ortho intramolecular Hbond substituents is 1. The van der Waals surface area contributed by atoms with E-state index in [1.807, 2.05) is 24.3 Å². The van der Waals surface area contributed by atoms with Crippen LogP contribution in [-0.4, -0.2) is 23.3 Å². The summed E-state index contributed by atoms with van der Waals surface area (Å²) >= 11 is 1.23. The summed E-state index contributed by atoms with van der Waals surface area (Å²) < 4.78 is 5.17. The second kappa shape index (κ2) is 6.58. The predicted molar refractivity (Wildman–Crippen MR) is 91.9 cm³/mol. The van der Waals surface area contributed by atoms with Gasteiger partial charge in [-0.15, -0.1) is 0 Å². The van der Waals surface area contributed by atoms with E-state index in [0.29, 0.717) is 15.8 Å². The van der Waals surface area contributed by atoms with Crippen molar-refractivity contribution >= 4 is 34.6 Å². The van der Waals surface area contributed by atoms with E-state index < -0.39 is 0 Å². The highest BCUT2D eigenvalue weighted by molar-refractivity contribution is 8.18. The van der Waals surface area contributed by atoms with Crippen molar-refractivity contribution in [2.75, 3.05) is 7.11 Å². The standard InChI is InChI=1S/C17H14N2O3S/c1-22-12-6-4-5-11(9-12)10-15-16(21)19-17(23-15)18-13-7-2-3-8-14(13)20/h2-10,20H,1H3,(H,18,19,21)/b15-10+. The number of para-hydroxylation sites is 2. The fraction of sp³-hybridized carbons (Fsp3) is 0.0588. The summed E-state index contributed by atoms with van der Waals surface area (Å²) in [4.78, 5) is 16.8. The number of nitrogens with one attached hydrogen (secondary N) is 1. The van der Waals surface area contributed by atoms with Gasteiger partial charge in [-0.3, -0.25) is 4.79 Å². The molecule has 1 aliphatic heterocycles. The molecule has 0 bridgehead atoms. The van der Waals surface area contributed by atoms with Gasteiger partial charge in [-0.1, -0.05) is 24.3 Å². The van der Waals surface area contributed by atoms with Gasteiger partial charge in [-0.2, -0.15) is 0 Å². The van der Waals surface area contributed by atoms with Crippen molar-refractivity contribution in [2.24, 2.45) is 4.99 Å². The first-order valence-corrected chi connectivity index (χ1v) is 7.69. The van der Waals surface area contributed by atoms with Crippen LogP contribution in [0.2, 0.25) is 0 Å². The Hall–Kier alpha value is -2.73. The molecule has 116 valence electrons. The van der Waals surface area contributed by atoms with Crippen LogP contribution in [0, 0.1) is 0 Å². The highest BCUT2D eigenvalue weighted by Gasteiger charge is 2.24. The molecule has 2 aromatic carbocycles. The van der Waals surface area contributed by atoms with Gasteiger partial charge in [-0.25, -0.2) is 4.99 Å². The van der Waals surface area contributed by atoms with Gasteiger partial charge in [0.1, 0.15) is 17.2 Å². The molecule has 2 N–H and O–H groups in total. The van der Waals surface area contributed by atoms with Crippen molar-refractivity contribution in [3.63, 3.8) is 0 Å². The van der Waals surface area contributed by atoms with E-state index in [4.69, 9.17) is 4.74 Å². The largest absolute Gasteiger partial charge is 0.506 e. The van der Waals surface area contributed by atoms with E-state index in [9.17, 15) is 9.90 Å². The molecule has 0 atom stereocenters. The summed E-state index contributed by atoms with van der Waals surface area (Å²) in [6, 6.07) is 14.2. The maximum absolute atomic E-state index is 12.0. The lowest BCUT2D eigenvalue weighted by Gasteiger charge is -2.00. The number of benzene rings is 2. The minimum Gasteiger partial charge on any atom is -0.506 e. The fourth-order valence-electron chi connectivity index (χ4n) is 2.03. The average Bonchev–Trinajstić information content (AvgIpc) is 2.89. The predicted octanol–water partition coefficient (Wildman–Crippen LogP) is 3.29. The number of thioether (sulfide) groups is 1. The molecule has 1 aliphatic rings. The lowest BCUT2D eigenvalue weighted by molar-refractivity contribution is -0.115. The maximum atomic E-state index is 12.0.